The number of carbonyl (C=O) groups is 2. The van der Waals surface area contributed by atoms with Gasteiger partial charge in [0.25, 0.3) is 5.91 Å². The molecule has 0 saturated carbocycles. The average molecular weight is 440 g/mol. The number of hydrogen-bond acceptors (Lipinski definition) is 6. The smallest absolute Gasteiger partial charge is 0.320 e. The van der Waals surface area contributed by atoms with Gasteiger partial charge in [-0.25, -0.2) is 9.78 Å². The largest absolute Gasteiger partial charge is 0.352 e. The number of imidazole rings is 1. The van der Waals surface area contributed by atoms with Gasteiger partial charge in [0, 0.05) is 57.6 Å². The zero-order chi connectivity index (χ0) is 22.1. The van der Waals surface area contributed by atoms with E-state index < -0.39 is 11.7 Å². The molecule has 3 aliphatic heterocycles. The molecule has 0 aromatic carbocycles. The lowest BCUT2D eigenvalue weighted by molar-refractivity contribution is -0.172. The molecule has 170 valence electrons. The van der Waals surface area contributed by atoms with Crippen molar-refractivity contribution in [2.24, 2.45) is 0 Å². The summed E-state index contributed by atoms with van der Waals surface area (Å²) >= 11 is 0. The van der Waals surface area contributed by atoms with E-state index >= 15 is 0 Å². The molecule has 0 bridgehead atoms. The average Bonchev–Trinajstić information content (AvgIpc) is 3.51. The van der Waals surface area contributed by atoms with E-state index in [2.05, 4.69) is 20.3 Å². The molecule has 2 fully saturated rings. The van der Waals surface area contributed by atoms with Crippen LogP contribution in [0, 0.1) is 6.92 Å². The number of urea groups is 1. The number of nitrogens with one attached hydrogen (secondary N) is 1. The molecule has 1 spiro atoms. The van der Waals surface area contributed by atoms with E-state index in [1.807, 2.05) is 27.5 Å². The second-order valence-corrected chi connectivity index (χ2v) is 8.83. The van der Waals surface area contributed by atoms with E-state index in [0.717, 1.165) is 37.4 Å². The van der Waals surface area contributed by atoms with Crippen LogP contribution in [0.4, 0.5) is 4.79 Å². The Morgan fingerprint density at radius 3 is 2.56 bits per heavy atom. The highest BCUT2D eigenvalue weighted by atomic mass is 16.5. The van der Waals surface area contributed by atoms with E-state index in [-0.39, 0.29) is 11.9 Å². The van der Waals surface area contributed by atoms with Crippen molar-refractivity contribution in [2.75, 3.05) is 26.2 Å². The Morgan fingerprint density at radius 2 is 1.84 bits per heavy atom. The van der Waals surface area contributed by atoms with Crippen LogP contribution in [0.1, 0.15) is 42.9 Å². The van der Waals surface area contributed by atoms with E-state index in [1.165, 1.54) is 0 Å². The van der Waals surface area contributed by atoms with Crippen molar-refractivity contribution >= 4 is 11.9 Å². The first-order chi connectivity index (χ1) is 15.5. The summed E-state index contributed by atoms with van der Waals surface area (Å²) in [6, 6.07) is 0.116. The zero-order valence-corrected chi connectivity index (χ0v) is 18.4. The number of likely N-dealkylation sites (tertiary alicyclic amines) is 2. The zero-order valence-electron chi connectivity index (χ0n) is 18.4. The summed E-state index contributed by atoms with van der Waals surface area (Å²) in [7, 11) is 0. The minimum Gasteiger partial charge on any atom is -0.352 e. The Kier molecular flexibility index (Phi) is 5.54. The van der Waals surface area contributed by atoms with Crippen molar-refractivity contribution in [1.82, 2.24) is 34.6 Å². The first-order valence-corrected chi connectivity index (χ1v) is 11.3. The molecule has 0 aliphatic carbocycles. The molecule has 2 saturated heterocycles. The van der Waals surface area contributed by atoms with Crippen LogP contribution in [0.3, 0.4) is 0 Å². The fourth-order valence-corrected chi connectivity index (χ4v) is 4.84. The number of aryl methyl sites for hydroxylation is 1. The lowest BCUT2D eigenvalue weighted by Gasteiger charge is -2.46. The second kappa shape index (κ2) is 8.50. The number of fused-ring (bicyclic) bond motifs is 2. The highest BCUT2D eigenvalue weighted by molar-refractivity contribution is 5.81. The number of nitrogens with zero attached hydrogens (tertiary/aromatic N) is 6. The van der Waals surface area contributed by atoms with Crippen molar-refractivity contribution in [3.8, 4) is 0 Å². The molecule has 10 nitrogen and oxygen atoms in total. The summed E-state index contributed by atoms with van der Waals surface area (Å²) in [4.78, 5) is 42.7. The number of carbonyl (C=O) groups excluding carboxylic acids is 2. The minimum absolute atomic E-state index is 0.116. The molecular formula is C22H29N7O3. The van der Waals surface area contributed by atoms with Gasteiger partial charge in [-0.1, -0.05) is 0 Å². The topological polar surface area (TPSA) is 105 Å². The van der Waals surface area contributed by atoms with E-state index in [4.69, 9.17) is 4.74 Å². The van der Waals surface area contributed by atoms with Crippen molar-refractivity contribution in [3.05, 3.63) is 42.0 Å². The second-order valence-electron chi connectivity index (χ2n) is 8.83. The quantitative estimate of drug-likeness (QED) is 0.771. The molecule has 5 rings (SSSR count). The highest BCUT2D eigenvalue weighted by Crippen LogP contribution is 2.40. The van der Waals surface area contributed by atoms with Crippen LogP contribution >= 0.6 is 0 Å². The summed E-state index contributed by atoms with van der Waals surface area (Å²) in [6.45, 7) is 5.46. The van der Waals surface area contributed by atoms with Gasteiger partial charge < -0.3 is 24.4 Å². The fourth-order valence-electron chi connectivity index (χ4n) is 4.84. The molecule has 32 heavy (non-hydrogen) atoms. The molecule has 2 aromatic heterocycles. The maximum Gasteiger partial charge on any atom is 0.320 e. The van der Waals surface area contributed by atoms with Gasteiger partial charge >= 0.3 is 6.03 Å². The van der Waals surface area contributed by atoms with Gasteiger partial charge in [-0.05, 0) is 19.8 Å². The maximum absolute atomic E-state index is 13.0. The predicted octanol–water partition coefficient (Wildman–Crippen LogP) is 1.20. The summed E-state index contributed by atoms with van der Waals surface area (Å²) in [6.07, 6.45) is 9.77. The van der Waals surface area contributed by atoms with E-state index in [0.29, 0.717) is 44.7 Å². The van der Waals surface area contributed by atoms with Crippen LogP contribution in [0.25, 0.3) is 0 Å². The summed E-state index contributed by atoms with van der Waals surface area (Å²) in [5, 5.41) is 2.93. The lowest BCUT2D eigenvalue weighted by atomic mass is 9.88. The Balaban J connectivity index is 1.26. The van der Waals surface area contributed by atoms with Crippen LogP contribution in [-0.2, 0) is 28.2 Å². The molecule has 3 aliphatic rings. The normalized spacial score (nSPS) is 22.1. The number of aromatic nitrogens is 4. The van der Waals surface area contributed by atoms with E-state index in [1.54, 1.807) is 18.6 Å². The van der Waals surface area contributed by atoms with E-state index in [9.17, 15) is 9.59 Å². The standard InChI is InChI=1S/C22H29N7O3/c1-16-12-25-17(13-24-16)14-26-19(30)18-15-29-11-6-23-20(29)22(32-18)4-9-28(10-5-22)21(31)27-7-2-3-8-27/h6,11-13,18H,2-5,7-10,14-15H2,1H3,(H,26,30). The van der Waals surface area contributed by atoms with Crippen LogP contribution in [-0.4, -0.2) is 73.5 Å². The first-order valence-electron chi connectivity index (χ1n) is 11.3. The van der Waals surface area contributed by atoms with Gasteiger partial charge in [0.2, 0.25) is 0 Å². The molecule has 0 radical (unpaired) electrons. The third kappa shape index (κ3) is 3.94. The number of rotatable bonds is 3. The third-order valence-electron chi connectivity index (χ3n) is 6.64. The first kappa shape index (κ1) is 20.9. The van der Waals surface area contributed by atoms with Gasteiger partial charge in [-0.3, -0.25) is 14.8 Å². The Hall–Kier alpha value is -3.01. The summed E-state index contributed by atoms with van der Waals surface area (Å²) in [5.41, 5.74) is 0.876. The summed E-state index contributed by atoms with van der Waals surface area (Å²) < 4.78 is 8.45. The maximum atomic E-state index is 13.0. The highest BCUT2D eigenvalue weighted by Gasteiger charge is 2.48. The minimum atomic E-state index is -0.658. The molecular weight excluding hydrogens is 410 g/mol. The number of piperidine rings is 1. The van der Waals surface area contributed by atoms with Crippen LogP contribution in [0.15, 0.2) is 24.8 Å². The molecule has 3 amide bonds. The van der Waals surface area contributed by atoms with Gasteiger partial charge in [0.15, 0.2) is 6.10 Å². The molecule has 1 N–H and O–H groups in total. The van der Waals surface area contributed by atoms with Crippen LogP contribution in [0.5, 0.6) is 0 Å². The van der Waals surface area contributed by atoms with Gasteiger partial charge in [-0.15, -0.1) is 0 Å². The molecule has 2 aromatic rings. The van der Waals surface area contributed by atoms with Crippen LogP contribution in [0.2, 0.25) is 0 Å². The SMILES string of the molecule is Cc1cnc(CNC(=O)C2Cn3ccnc3C3(CCN(C(=O)N4CCCC4)CC3)O2)cn1. The molecule has 10 heteroatoms. The number of hydrogen-bond donors (Lipinski definition) is 1. The third-order valence-corrected chi connectivity index (χ3v) is 6.64. The molecule has 5 heterocycles. The van der Waals surface area contributed by atoms with Gasteiger partial charge in [-0.2, -0.15) is 0 Å². The Labute approximate surface area is 187 Å². The van der Waals surface area contributed by atoms with Crippen molar-refractivity contribution in [2.45, 2.75) is 57.4 Å². The number of ether oxygens (including phenoxy) is 1. The predicted molar refractivity (Wildman–Crippen MR) is 114 cm³/mol. The van der Waals surface area contributed by atoms with Crippen molar-refractivity contribution in [3.63, 3.8) is 0 Å². The van der Waals surface area contributed by atoms with Gasteiger partial charge in [0.05, 0.1) is 30.7 Å². The molecule has 1 atom stereocenters. The Morgan fingerprint density at radius 1 is 1.09 bits per heavy atom. The monoisotopic (exact) mass is 439 g/mol. The fraction of sp³-hybridized carbons (Fsp3) is 0.591. The van der Waals surface area contributed by atoms with Crippen LogP contribution < -0.4 is 5.32 Å². The van der Waals surface area contributed by atoms with Gasteiger partial charge in [0.1, 0.15) is 11.4 Å². The van der Waals surface area contributed by atoms with Crippen molar-refractivity contribution < 1.29 is 14.3 Å². The van der Waals surface area contributed by atoms with Crippen molar-refractivity contribution in [1.29, 1.82) is 0 Å². The molecule has 1 unspecified atom stereocenters. The number of amides is 3. The summed E-state index contributed by atoms with van der Waals surface area (Å²) in [5.74, 6) is 0.667. The lowest BCUT2D eigenvalue weighted by Crippen LogP contribution is -2.55. The Bertz CT molecular complexity index is 976.